The molecule has 2 amide bonds. The van der Waals surface area contributed by atoms with E-state index in [0.717, 1.165) is 29.0 Å². The average molecular weight is 398 g/mol. The van der Waals surface area contributed by atoms with Gasteiger partial charge >= 0.3 is 6.03 Å². The summed E-state index contributed by atoms with van der Waals surface area (Å²) < 4.78 is 16.7. The van der Waals surface area contributed by atoms with Gasteiger partial charge in [-0.1, -0.05) is 18.2 Å². The van der Waals surface area contributed by atoms with Gasteiger partial charge in [-0.2, -0.15) is 0 Å². The molecule has 1 fully saturated rings. The SMILES string of the molecule is COc1cccc(C2CC(O)CN2C(=O)NCc2ccc3c(c2)OCCCO3)c1. The zero-order chi connectivity index (χ0) is 20.2. The lowest BCUT2D eigenvalue weighted by Crippen LogP contribution is -2.39. The minimum atomic E-state index is -0.546. The number of hydrogen-bond donors (Lipinski definition) is 2. The number of benzene rings is 2. The van der Waals surface area contributed by atoms with Crippen LogP contribution in [0.2, 0.25) is 0 Å². The van der Waals surface area contributed by atoms with Gasteiger partial charge in [0.15, 0.2) is 11.5 Å². The molecule has 1 saturated heterocycles. The summed E-state index contributed by atoms with van der Waals surface area (Å²) in [7, 11) is 1.61. The fraction of sp³-hybridized carbons (Fsp3) is 0.409. The second kappa shape index (κ2) is 8.61. The Balaban J connectivity index is 1.43. The highest BCUT2D eigenvalue weighted by Gasteiger charge is 2.35. The fourth-order valence-electron chi connectivity index (χ4n) is 3.80. The summed E-state index contributed by atoms with van der Waals surface area (Å²) in [6, 6.07) is 12.9. The van der Waals surface area contributed by atoms with Crippen molar-refractivity contribution < 1.29 is 24.1 Å². The molecule has 7 heteroatoms. The molecule has 0 bridgehead atoms. The van der Waals surface area contributed by atoms with Crippen molar-refractivity contribution >= 4 is 6.03 Å². The molecule has 2 aliphatic rings. The van der Waals surface area contributed by atoms with Crippen LogP contribution in [0.15, 0.2) is 42.5 Å². The monoisotopic (exact) mass is 398 g/mol. The maximum absolute atomic E-state index is 12.9. The summed E-state index contributed by atoms with van der Waals surface area (Å²) in [5.74, 6) is 2.18. The molecule has 2 unspecified atom stereocenters. The van der Waals surface area contributed by atoms with Gasteiger partial charge in [-0.05, 0) is 41.8 Å². The van der Waals surface area contributed by atoms with E-state index in [0.29, 0.717) is 38.5 Å². The van der Waals surface area contributed by atoms with E-state index in [1.807, 2.05) is 42.5 Å². The van der Waals surface area contributed by atoms with Crippen LogP contribution in [0.4, 0.5) is 4.79 Å². The van der Waals surface area contributed by atoms with Crippen molar-refractivity contribution in [1.82, 2.24) is 10.2 Å². The van der Waals surface area contributed by atoms with E-state index in [2.05, 4.69) is 5.32 Å². The lowest BCUT2D eigenvalue weighted by Gasteiger charge is -2.25. The molecule has 0 aromatic heterocycles. The van der Waals surface area contributed by atoms with Crippen molar-refractivity contribution in [1.29, 1.82) is 0 Å². The molecule has 2 aromatic rings. The third kappa shape index (κ3) is 4.40. The number of β-amino-alcohol motifs (C(OH)–C–C–N with tert-alkyl or cyclic N) is 1. The zero-order valence-electron chi connectivity index (χ0n) is 16.5. The largest absolute Gasteiger partial charge is 0.497 e. The average Bonchev–Trinajstić information content (AvgIpc) is 2.99. The Labute approximate surface area is 170 Å². The Kier molecular flexibility index (Phi) is 5.76. The van der Waals surface area contributed by atoms with E-state index in [4.69, 9.17) is 14.2 Å². The molecular formula is C22H26N2O5. The van der Waals surface area contributed by atoms with Crippen molar-refractivity contribution in [3.8, 4) is 17.2 Å². The van der Waals surface area contributed by atoms with Gasteiger partial charge in [0, 0.05) is 19.5 Å². The minimum Gasteiger partial charge on any atom is -0.497 e. The van der Waals surface area contributed by atoms with Gasteiger partial charge in [0.2, 0.25) is 0 Å². The zero-order valence-corrected chi connectivity index (χ0v) is 16.5. The number of fused-ring (bicyclic) bond motifs is 1. The topological polar surface area (TPSA) is 80.3 Å². The van der Waals surface area contributed by atoms with Crippen LogP contribution in [0.5, 0.6) is 17.2 Å². The summed E-state index contributed by atoms with van der Waals surface area (Å²) in [5.41, 5.74) is 1.88. The molecule has 7 nitrogen and oxygen atoms in total. The number of hydrogen-bond acceptors (Lipinski definition) is 5. The van der Waals surface area contributed by atoms with Gasteiger partial charge in [0.1, 0.15) is 5.75 Å². The van der Waals surface area contributed by atoms with E-state index < -0.39 is 6.10 Å². The molecule has 2 heterocycles. The first-order chi connectivity index (χ1) is 14.1. The van der Waals surface area contributed by atoms with Gasteiger partial charge in [-0.15, -0.1) is 0 Å². The summed E-state index contributed by atoms with van der Waals surface area (Å²) >= 11 is 0. The lowest BCUT2D eigenvalue weighted by atomic mass is 10.0. The van der Waals surface area contributed by atoms with Gasteiger partial charge in [0.05, 0.1) is 32.5 Å². The molecular weight excluding hydrogens is 372 g/mol. The van der Waals surface area contributed by atoms with Crippen LogP contribution >= 0.6 is 0 Å². The van der Waals surface area contributed by atoms with Crippen LogP contribution in [0.1, 0.15) is 30.0 Å². The first-order valence-corrected chi connectivity index (χ1v) is 9.89. The minimum absolute atomic E-state index is 0.191. The molecule has 2 atom stereocenters. The fourth-order valence-corrected chi connectivity index (χ4v) is 3.80. The van der Waals surface area contributed by atoms with Gasteiger partial charge in [-0.25, -0.2) is 4.79 Å². The third-order valence-corrected chi connectivity index (χ3v) is 5.27. The molecule has 0 saturated carbocycles. The van der Waals surface area contributed by atoms with Crippen molar-refractivity contribution in [3.05, 3.63) is 53.6 Å². The summed E-state index contributed by atoms with van der Waals surface area (Å²) in [4.78, 5) is 14.5. The number of nitrogens with zero attached hydrogens (tertiary/aromatic N) is 1. The lowest BCUT2D eigenvalue weighted by molar-refractivity contribution is 0.169. The van der Waals surface area contributed by atoms with Gasteiger partial charge in [0.25, 0.3) is 0 Å². The van der Waals surface area contributed by atoms with Gasteiger partial charge in [-0.3, -0.25) is 0 Å². The summed E-state index contributed by atoms with van der Waals surface area (Å²) in [6.45, 7) is 1.93. The van der Waals surface area contributed by atoms with Crippen LogP contribution in [-0.4, -0.2) is 49.0 Å². The molecule has 4 rings (SSSR count). The summed E-state index contributed by atoms with van der Waals surface area (Å²) in [6.07, 6.45) is 0.809. The van der Waals surface area contributed by atoms with Crippen molar-refractivity contribution in [3.63, 3.8) is 0 Å². The van der Waals surface area contributed by atoms with Crippen molar-refractivity contribution in [2.24, 2.45) is 0 Å². The number of aliphatic hydroxyl groups excluding tert-OH is 1. The molecule has 2 N–H and O–H groups in total. The van der Waals surface area contributed by atoms with E-state index >= 15 is 0 Å². The molecule has 2 aromatic carbocycles. The Morgan fingerprint density at radius 3 is 2.86 bits per heavy atom. The molecule has 29 heavy (non-hydrogen) atoms. The quantitative estimate of drug-likeness (QED) is 0.828. The number of methoxy groups -OCH3 is 1. The number of urea groups is 1. The number of likely N-dealkylation sites (tertiary alicyclic amines) is 1. The summed E-state index contributed by atoms with van der Waals surface area (Å²) in [5, 5.41) is 13.1. The van der Waals surface area contributed by atoms with Crippen molar-refractivity contribution in [2.75, 3.05) is 26.9 Å². The number of nitrogens with one attached hydrogen (secondary N) is 1. The van der Waals surface area contributed by atoms with Crippen LogP contribution in [0.25, 0.3) is 0 Å². The van der Waals surface area contributed by atoms with E-state index in [1.54, 1.807) is 12.0 Å². The maximum atomic E-state index is 12.9. The molecule has 0 radical (unpaired) electrons. The van der Waals surface area contributed by atoms with Crippen LogP contribution in [-0.2, 0) is 6.54 Å². The predicted molar refractivity (Wildman–Crippen MR) is 107 cm³/mol. The Morgan fingerprint density at radius 2 is 2.03 bits per heavy atom. The van der Waals surface area contributed by atoms with E-state index in [1.165, 1.54) is 0 Å². The Bertz CT molecular complexity index is 872. The maximum Gasteiger partial charge on any atom is 0.318 e. The highest BCUT2D eigenvalue weighted by atomic mass is 16.5. The second-order valence-corrected chi connectivity index (χ2v) is 7.32. The highest BCUT2D eigenvalue weighted by Crippen LogP contribution is 2.34. The third-order valence-electron chi connectivity index (χ3n) is 5.27. The van der Waals surface area contributed by atoms with E-state index in [-0.39, 0.29) is 12.1 Å². The molecule has 154 valence electrons. The number of aliphatic hydroxyl groups is 1. The first kappa shape index (κ1) is 19.4. The number of amides is 2. The molecule has 0 spiro atoms. The number of ether oxygens (including phenoxy) is 3. The number of rotatable bonds is 4. The Hall–Kier alpha value is -2.93. The standard InChI is InChI=1S/C22H26N2O5/c1-27-18-5-2-4-16(11-18)19-12-17(25)14-24(19)22(26)23-13-15-6-7-20-21(10-15)29-9-3-8-28-20/h2,4-7,10-11,17,19,25H,3,8-9,12-14H2,1H3,(H,23,26). The molecule has 0 aliphatic carbocycles. The molecule has 2 aliphatic heterocycles. The number of carbonyl (C=O) groups excluding carboxylic acids is 1. The first-order valence-electron chi connectivity index (χ1n) is 9.89. The normalized spacial score (nSPS) is 20.8. The van der Waals surface area contributed by atoms with Crippen molar-refractivity contribution in [2.45, 2.75) is 31.5 Å². The van der Waals surface area contributed by atoms with Gasteiger partial charge < -0.3 is 29.5 Å². The Morgan fingerprint density at radius 1 is 1.21 bits per heavy atom. The number of carbonyl (C=O) groups is 1. The smallest absolute Gasteiger partial charge is 0.318 e. The predicted octanol–water partition coefficient (Wildman–Crippen LogP) is 2.87. The van der Waals surface area contributed by atoms with Crippen LogP contribution in [0, 0.1) is 0 Å². The highest BCUT2D eigenvalue weighted by molar-refractivity contribution is 5.75. The second-order valence-electron chi connectivity index (χ2n) is 7.32. The van der Waals surface area contributed by atoms with Crippen LogP contribution in [0.3, 0.4) is 0 Å². The van der Waals surface area contributed by atoms with Crippen LogP contribution < -0.4 is 19.5 Å². The van der Waals surface area contributed by atoms with E-state index in [9.17, 15) is 9.90 Å².